The number of hydrogen-bond donors (Lipinski definition) is 1. The van der Waals surface area contributed by atoms with Crippen LogP contribution in [-0.2, 0) is 4.79 Å². The zero-order valence-corrected chi connectivity index (χ0v) is 14.5. The Labute approximate surface area is 145 Å². The highest BCUT2D eigenvalue weighted by Gasteiger charge is 2.26. The van der Waals surface area contributed by atoms with Gasteiger partial charge in [-0.2, -0.15) is 5.26 Å². The molecule has 0 aliphatic rings. The SMILES string of the molecule is CCN(CC)C(=O)C(Sc1ncc(C#N)c(N)n1)c1ccccc1. The maximum absolute atomic E-state index is 12.9. The van der Waals surface area contributed by atoms with Crippen molar-refractivity contribution in [2.24, 2.45) is 0 Å². The molecule has 1 aromatic heterocycles. The fraction of sp³-hybridized carbons (Fsp3) is 0.294. The van der Waals surface area contributed by atoms with Gasteiger partial charge in [0.15, 0.2) is 5.16 Å². The molecule has 0 saturated carbocycles. The van der Waals surface area contributed by atoms with E-state index in [2.05, 4.69) is 9.97 Å². The van der Waals surface area contributed by atoms with E-state index in [4.69, 9.17) is 11.0 Å². The Morgan fingerprint density at radius 1 is 1.33 bits per heavy atom. The Morgan fingerprint density at radius 3 is 2.54 bits per heavy atom. The molecule has 1 heterocycles. The number of benzene rings is 1. The number of carbonyl (C=O) groups is 1. The monoisotopic (exact) mass is 341 g/mol. The summed E-state index contributed by atoms with van der Waals surface area (Å²) in [7, 11) is 0. The number of likely N-dealkylation sites (N-methyl/N-ethyl adjacent to an activating group) is 1. The lowest BCUT2D eigenvalue weighted by molar-refractivity contribution is -0.130. The number of rotatable bonds is 6. The lowest BCUT2D eigenvalue weighted by Crippen LogP contribution is -2.33. The highest BCUT2D eigenvalue weighted by atomic mass is 32.2. The van der Waals surface area contributed by atoms with Crippen LogP contribution in [-0.4, -0.2) is 33.9 Å². The van der Waals surface area contributed by atoms with Gasteiger partial charge in [0.1, 0.15) is 22.7 Å². The fourth-order valence-electron chi connectivity index (χ4n) is 2.22. The van der Waals surface area contributed by atoms with E-state index in [9.17, 15) is 4.79 Å². The first-order valence-electron chi connectivity index (χ1n) is 7.63. The number of nitrogens with two attached hydrogens (primary N) is 1. The molecule has 0 bridgehead atoms. The van der Waals surface area contributed by atoms with Gasteiger partial charge in [-0.05, 0) is 19.4 Å². The highest BCUT2D eigenvalue weighted by molar-refractivity contribution is 8.00. The maximum Gasteiger partial charge on any atom is 0.240 e. The lowest BCUT2D eigenvalue weighted by Gasteiger charge is -2.24. The van der Waals surface area contributed by atoms with E-state index >= 15 is 0 Å². The summed E-state index contributed by atoms with van der Waals surface area (Å²) in [4.78, 5) is 22.9. The van der Waals surface area contributed by atoms with Crippen LogP contribution < -0.4 is 5.73 Å². The van der Waals surface area contributed by atoms with Crippen LogP contribution in [0.15, 0.2) is 41.7 Å². The van der Waals surface area contributed by atoms with Crippen LogP contribution in [0.3, 0.4) is 0 Å². The number of aromatic nitrogens is 2. The van der Waals surface area contributed by atoms with E-state index in [0.29, 0.717) is 18.2 Å². The molecule has 7 heteroatoms. The van der Waals surface area contributed by atoms with E-state index in [1.165, 1.54) is 18.0 Å². The summed E-state index contributed by atoms with van der Waals surface area (Å²) in [5, 5.41) is 8.83. The third-order valence-corrected chi connectivity index (χ3v) is 4.66. The first-order valence-corrected chi connectivity index (χ1v) is 8.51. The van der Waals surface area contributed by atoms with E-state index in [1.807, 2.05) is 50.2 Å². The number of thioether (sulfide) groups is 1. The number of nitrogens with zero attached hydrogens (tertiary/aromatic N) is 4. The summed E-state index contributed by atoms with van der Waals surface area (Å²) in [6.45, 7) is 5.17. The standard InChI is InChI=1S/C17H19N5OS/c1-3-22(4-2)16(23)14(12-8-6-5-7-9-12)24-17-20-11-13(10-18)15(19)21-17/h5-9,11,14H,3-4H2,1-2H3,(H2,19,20,21). The second-order valence-corrected chi connectivity index (χ2v) is 6.05. The molecule has 1 aromatic carbocycles. The van der Waals surface area contributed by atoms with Gasteiger partial charge in [0.2, 0.25) is 5.91 Å². The Morgan fingerprint density at radius 2 is 2.00 bits per heavy atom. The molecule has 0 radical (unpaired) electrons. The average Bonchev–Trinajstić information content (AvgIpc) is 2.61. The van der Waals surface area contributed by atoms with Crippen LogP contribution in [0.25, 0.3) is 0 Å². The van der Waals surface area contributed by atoms with Crippen LogP contribution in [0.4, 0.5) is 5.82 Å². The minimum atomic E-state index is -0.460. The number of amides is 1. The van der Waals surface area contributed by atoms with Gasteiger partial charge in [0.25, 0.3) is 0 Å². The van der Waals surface area contributed by atoms with Crippen LogP contribution in [0.1, 0.15) is 30.2 Å². The molecule has 2 N–H and O–H groups in total. The smallest absolute Gasteiger partial charge is 0.240 e. The third kappa shape index (κ3) is 4.03. The van der Waals surface area contributed by atoms with Crippen molar-refractivity contribution in [1.29, 1.82) is 5.26 Å². The van der Waals surface area contributed by atoms with Crippen molar-refractivity contribution in [2.75, 3.05) is 18.8 Å². The van der Waals surface area contributed by atoms with Crippen molar-refractivity contribution in [1.82, 2.24) is 14.9 Å². The van der Waals surface area contributed by atoms with E-state index in [0.717, 1.165) is 5.56 Å². The Kier molecular flexibility index (Phi) is 6.15. The van der Waals surface area contributed by atoms with Gasteiger partial charge in [-0.3, -0.25) is 4.79 Å². The summed E-state index contributed by atoms with van der Waals surface area (Å²) < 4.78 is 0. The molecule has 24 heavy (non-hydrogen) atoms. The van der Waals surface area contributed by atoms with Crippen molar-refractivity contribution >= 4 is 23.5 Å². The first-order chi connectivity index (χ1) is 11.6. The zero-order valence-electron chi connectivity index (χ0n) is 13.6. The molecular formula is C17H19N5OS. The minimum Gasteiger partial charge on any atom is -0.382 e. The quantitative estimate of drug-likeness (QED) is 0.641. The number of anilines is 1. The normalized spacial score (nSPS) is 11.5. The van der Waals surface area contributed by atoms with Crippen molar-refractivity contribution in [2.45, 2.75) is 24.3 Å². The van der Waals surface area contributed by atoms with Crippen LogP contribution in [0.5, 0.6) is 0 Å². The average molecular weight is 341 g/mol. The van der Waals surface area contributed by atoms with Crippen LogP contribution in [0, 0.1) is 11.3 Å². The van der Waals surface area contributed by atoms with Gasteiger partial charge in [0, 0.05) is 13.1 Å². The fourth-order valence-corrected chi connectivity index (χ4v) is 3.23. The molecule has 6 nitrogen and oxygen atoms in total. The van der Waals surface area contributed by atoms with Gasteiger partial charge < -0.3 is 10.6 Å². The molecule has 1 unspecified atom stereocenters. The molecule has 124 valence electrons. The largest absolute Gasteiger partial charge is 0.382 e. The van der Waals surface area contributed by atoms with Crippen molar-refractivity contribution in [3.8, 4) is 6.07 Å². The molecule has 2 aromatic rings. The predicted molar refractivity (Wildman–Crippen MR) is 94.1 cm³/mol. The van der Waals surface area contributed by atoms with Gasteiger partial charge in [-0.15, -0.1) is 0 Å². The maximum atomic E-state index is 12.9. The van der Waals surface area contributed by atoms with Crippen LogP contribution in [0.2, 0.25) is 0 Å². The molecule has 0 aliphatic heterocycles. The molecule has 0 fully saturated rings. The van der Waals surface area contributed by atoms with E-state index in [1.54, 1.807) is 4.90 Å². The number of nitriles is 1. The molecule has 1 atom stereocenters. The van der Waals surface area contributed by atoms with Crippen molar-refractivity contribution < 1.29 is 4.79 Å². The predicted octanol–water partition coefficient (Wildman–Crippen LogP) is 2.63. The Hall–Kier alpha value is -2.59. The molecular weight excluding hydrogens is 322 g/mol. The summed E-state index contributed by atoms with van der Waals surface area (Å²) in [6, 6.07) is 11.4. The number of hydrogen-bond acceptors (Lipinski definition) is 6. The van der Waals surface area contributed by atoms with Crippen LogP contribution >= 0.6 is 11.8 Å². The van der Waals surface area contributed by atoms with Gasteiger partial charge in [-0.25, -0.2) is 9.97 Å². The second-order valence-electron chi connectivity index (χ2n) is 4.98. The van der Waals surface area contributed by atoms with Gasteiger partial charge in [0.05, 0.1) is 6.20 Å². The molecule has 0 spiro atoms. The summed E-state index contributed by atoms with van der Waals surface area (Å²) in [5.41, 5.74) is 6.86. The summed E-state index contributed by atoms with van der Waals surface area (Å²) in [5.74, 6) is 0.125. The topological polar surface area (TPSA) is 95.9 Å². The zero-order chi connectivity index (χ0) is 17.5. The first kappa shape index (κ1) is 17.8. The third-order valence-electron chi connectivity index (χ3n) is 3.54. The highest BCUT2D eigenvalue weighted by Crippen LogP contribution is 2.35. The van der Waals surface area contributed by atoms with E-state index in [-0.39, 0.29) is 17.3 Å². The number of carbonyl (C=O) groups excluding carboxylic acids is 1. The van der Waals surface area contributed by atoms with E-state index < -0.39 is 5.25 Å². The summed E-state index contributed by atoms with van der Waals surface area (Å²) in [6.07, 6.45) is 1.38. The van der Waals surface area contributed by atoms with Gasteiger partial charge in [-0.1, -0.05) is 42.1 Å². The van der Waals surface area contributed by atoms with Gasteiger partial charge >= 0.3 is 0 Å². The Balaban J connectivity index is 2.35. The summed E-state index contributed by atoms with van der Waals surface area (Å²) >= 11 is 1.24. The molecule has 0 aliphatic carbocycles. The molecule has 0 saturated heterocycles. The Bertz CT molecular complexity index is 740. The molecule has 1 amide bonds. The second kappa shape index (κ2) is 8.31. The molecule has 2 rings (SSSR count). The van der Waals surface area contributed by atoms with Crippen molar-refractivity contribution in [3.05, 3.63) is 47.7 Å². The number of nitrogen functional groups attached to an aromatic ring is 1. The van der Waals surface area contributed by atoms with Crippen molar-refractivity contribution in [3.63, 3.8) is 0 Å². The minimum absolute atomic E-state index is 0.00253. The lowest BCUT2D eigenvalue weighted by atomic mass is 10.1.